The molecule has 0 spiro atoms. The van der Waals surface area contributed by atoms with E-state index < -0.39 is 17.3 Å². The Morgan fingerprint density at radius 1 is 1.24 bits per heavy atom. The maximum absolute atomic E-state index is 12.5. The highest BCUT2D eigenvalue weighted by Gasteiger charge is 2.40. The maximum Gasteiger partial charge on any atom is 0.310 e. The summed E-state index contributed by atoms with van der Waals surface area (Å²) in [5.41, 5.74) is 12.5. The minimum atomic E-state index is -1.08. The summed E-state index contributed by atoms with van der Waals surface area (Å²) in [7, 11) is 1.73. The molecular formula is C29H37N5O3. The minimum Gasteiger partial charge on any atom is -0.490 e. The molecule has 0 bridgehead atoms. The minimum absolute atomic E-state index is 0.418. The Hall–Kier alpha value is -3.62. The van der Waals surface area contributed by atoms with E-state index in [1.54, 1.807) is 27.1 Å². The molecule has 1 unspecified atom stereocenters. The molecule has 2 aromatic carbocycles. The average Bonchev–Trinajstić information content (AvgIpc) is 3.05. The van der Waals surface area contributed by atoms with Crippen LogP contribution in [0.1, 0.15) is 53.3 Å². The van der Waals surface area contributed by atoms with Crippen molar-refractivity contribution in [2.75, 3.05) is 30.9 Å². The number of hydrogen-bond donors (Lipinski definition) is 3. The molecule has 8 nitrogen and oxygen atoms in total. The molecule has 1 aliphatic rings. The second-order valence-electron chi connectivity index (χ2n) is 10.5. The van der Waals surface area contributed by atoms with Crippen molar-refractivity contribution >= 4 is 17.3 Å². The summed E-state index contributed by atoms with van der Waals surface area (Å²) in [5.74, 6) is 5.51. The number of pyridine rings is 1. The van der Waals surface area contributed by atoms with Crippen molar-refractivity contribution in [3.05, 3.63) is 82.2 Å². The van der Waals surface area contributed by atoms with E-state index in [-0.39, 0.29) is 0 Å². The number of nitrogens with two attached hydrogens (primary N) is 2. The van der Waals surface area contributed by atoms with Crippen molar-refractivity contribution in [3.8, 4) is 5.75 Å². The summed E-state index contributed by atoms with van der Waals surface area (Å²) >= 11 is 0. The van der Waals surface area contributed by atoms with Gasteiger partial charge in [-0.25, -0.2) is 5.84 Å². The third kappa shape index (κ3) is 5.26. The zero-order chi connectivity index (χ0) is 26.9. The average molecular weight is 504 g/mol. The van der Waals surface area contributed by atoms with E-state index in [0.29, 0.717) is 31.1 Å². The van der Waals surface area contributed by atoms with Crippen LogP contribution in [0.3, 0.4) is 0 Å². The maximum atomic E-state index is 12.5. The van der Waals surface area contributed by atoms with Crippen LogP contribution >= 0.6 is 0 Å². The van der Waals surface area contributed by atoms with Crippen LogP contribution < -0.4 is 21.3 Å². The first-order chi connectivity index (χ1) is 17.5. The molecule has 3 aromatic rings. The Labute approximate surface area is 218 Å². The predicted molar refractivity (Wildman–Crippen MR) is 146 cm³/mol. The number of rotatable bonds is 7. The van der Waals surface area contributed by atoms with Crippen molar-refractivity contribution in [1.82, 2.24) is 9.88 Å². The molecule has 1 aromatic heterocycles. The molecule has 1 atom stereocenters. The Balaban J connectivity index is 1.75. The van der Waals surface area contributed by atoms with E-state index in [1.165, 1.54) is 5.01 Å². The van der Waals surface area contributed by atoms with Crippen LogP contribution in [0.15, 0.2) is 48.7 Å². The third-order valence-electron chi connectivity index (χ3n) is 7.49. The number of fused-ring (bicyclic) bond motifs is 1. The topological polar surface area (TPSA) is 118 Å². The summed E-state index contributed by atoms with van der Waals surface area (Å²) in [6.45, 7) is 10.3. The molecule has 0 saturated heterocycles. The first-order valence-electron chi connectivity index (χ1n) is 12.5. The summed E-state index contributed by atoms with van der Waals surface area (Å²) in [5, 5.41) is 11.7. The molecule has 5 N–H and O–H groups in total. The van der Waals surface area contributed by atoms with Crippen LogP contribution in [0.5, 0.6) is 5.75 Å². The second kappa shape index (κ2) is 10.4. The quantitative estimate of drug-likeness (QED) is 0.249. The van der Waals surface area contributed by atoms with E-state index in [2.05, 4.69) is 28.9 Å². The fourth-order valence-corrected chi connectivity index (χ4v) is 5.13. The largest absolute Gasteiger partial charge is 0.490 e. The first kappa shape index (κ1) is 26.4. The van der Waals surface area contributed by atoms with Crippen LogP contribution in [-0.2, 0) is 17.9 Å². The number of aromatic nitrogens is 1. The molecule has 0 amide bonds. The predicted octanol–water partition coefficient (Wildman–Crippen LogP) is 4.23. The molecule has 0 saturated carbocycles. The third-order valence-corrected chi connectivity index (χ3v) is 7.49. The van der Waals surface area contributed by atoms with Crippen LogP contribution in [0, 0.1) is 19.3 Å². The number of aliphatic carboxylic acids is 1. The van der Waals surface area contributed by atoms with E-state index in [0.717, 1.165) is 45.8 Å². The van der Waals surface area contributed by atoms with Crippen LogP contribution in [0.25, 0.3) is 0 Å². The lowest BCUT2D eigenvalue weighted by Gasteiger charge is -2.34. The van der Waals surface area contributed by atoms with Gasteiger partial charge in [0.05, 0.1) is 22.5 Å². The fourth-order valence-electron chi connectivity index (χ4n) is 5.13. The summed E-state index contributed by atoms with van der Waals surface area (Å²) in [4.78, 5) is 19.3. The van der Waals surface area contributed by atoms with Gasteiger partial charge in [-0.05, 0) is 73.7 Å². The van der Waals surface area contributed by atoms with Gasteiger partial charge in [0.15, 0.2) is 0 Å². The van der Waals surface area contributed by atoms with Gasteiger partial charge in [-0.3, -0.25) is 14.7 Å². The highest BCUT2D eigenvalue weighted by molar-refractivity contribution is 5.78. The van der Waals surface area contributed by atoms with Gasteiger partial charge >= 0.3 is 5.97 Å². The first-order valence-corrected chi connectivity index (χ1v) is 12.5. The SMILES string of the molecule is Cc1ccc(C(c2ccc(N(C)N)c(N)c2C)C(C)(C)C(=O)O)cc1CN1CCOc2cccnc2C1. The Morgan fingerprint density at radius 2 is 2.00 bits per heavy atom. The van der Waals surface area contributed by atoms with E-state index in [9.17, 15) is 9.90 Å². The van der Waals surface area contributed by atoms with Gasteiger partial charge in [0.2, 0.25) is 0 Å². The lowest BCUT2D eigenvalue weighted by molar-refractivity contribution is -0.147. The number of benzene rings is 2. The lowest BCUT2D eigenvalue weighted by Crippen LogP contribution is -2.33. The molecule has 0 radical (unpaired) electrons. The van der Waals surface area contributed by atoms with E-state index in [4.69, 9.17) is 16.3 Å². The number of carbonyl (C=O) groups is 1. The summed E-state index contributed by atoms with van der Waals surface area (Å²) in [6.07, 6.45) is 1.79. The fraction of sp³-hybridized carbons (Fsp3) is 0.379. The smallest absolute Gasteiger partial charge is 0.310 e. The molecule has 196 valence electrons. The van der Waals surface area contributed by atoms with Gasteiger partial charge < -0.3 is 20.6 Å². The van der Waals surface area contributed by atoms with Crippen molar-refractivity contribution in [2.45, 2.75) is 46.7 Å². The second-order valence-corrected chi connectivity index (χ2v) is 10.5. The number of nitrogens with zero attached hydrogens (tertiary/aromatic N) is 3. The zero-order valence-corrected chi connectivity index (χ0v) is 22.3. The molecule has 8 heteroatoms. The Kier molecular flexibility index (Phi) is 7.43. The van der Waals surface area contributed by atoms with Crippen molar-refractivity contribution in [2.24, 2.45) is 11.3 Å². The molecule has 4 rings (SSSR count). The molecule has 37 heavy (non-hydrogen) atoms. The summed E-state index contributed by atoms with van der Waals surface area (Å²) < 4.78 is 5.89. The number of nitrogen functional groups attached to an aromatic ring is 1. The van der Waals surface area contributed by atoms with Gasteiger partial charge in [-0.2, -0.15) is 0 Å². The number of anilines is 2. The van der Waals surface area contributed by atoms with Crippen molar-refractivity contribution in [3.63, 3.8) is 0 Å². The highest BCUT2D eigenvalue weighted by Crippen LogP contribution is 2.45. The van der Waals surface area contributed by atoms with Gasteiger partial charge in [0.1, 0.15) is 12.4 Å². The number of hydrazine groups is 1. The van der Waals surface area contributed by atoms with Crippen LogP contribution in [0.4, 0.5) is 11.4 Å². The standard InChI is InChI=1S/C29H37N5O3/c1-18-8-9-20(15-21(18)16-34-13-14-37-25-7-6-12-32-23(25)17-34)26(29(3,4)28(35)36)22-10-11-24(33(5)31)27(30)19(22)2/h6-12,15,26H,13-14,16-17,30-31H2,1-5H3,(H,35,36). The zero-order valence-electron chi connectivity index (χ0n) is 22.3. The number of aryl methyl sites for hydroxylation is 1. The van der Waals surface area contributed by atoms with Gasteiger partial charge in [0.25, 0.3) is 0 Å². The van der Waals surface area contributed by atoms with Gasteiger partial charge in [-0.1, -0.05) is 24.3 Å². The number of carboxylic acid groups (broad SMARTS) is 1. The number of carboxylic acids is 1. The van der Waals surface area contributed by atoms with Gasteiger partial charge in [0, 0.05) is 38.8 Å². The van der Waals surface area contributed by atoms with Crippen molar-refractivity contribution < 1.29 is 14.6 Å². The van der Waals surface area contributed by atoms with E-state index in [1.807, 2.05) is 37.3 Å². The molecule has 1 aliphatic heterocycles. The molecule has 2 heterocycles. The van der Waals surface area contributed by atoms with Crippen molar-refractivity contribution in [1.29, 1.82) is 0 Å². The molecule has 0 fully saturated rings. The number of hydrogen-bond acceptors (Lipinski definition) is 7. The number of ether oxygens (including phenoxy) is 1. The Bertz CT molecular complexity index is 1300. The summed E-state index contributed by atoms with van der Waals surface area (Å²) in [6, 6.07) is 13.9. The van der Waals surface area contributed by atoms with E-state index >= 15 is 0 Å². The lowest BCUT2D eigenvalue weighted by atomic mass is 9.69. The van der Waals surface area contributed by atoms with Crippen LogP contribution in [-0.4, -0.2) is 41.2 Å². The molecular weight excluding hydrogens is 466 g/mol. The monoisotopic (exact) mass is 503 g/mol. The highest BCUT2D eigenvalue weighted by atomic mass is 16.5. The Morgan fingerprint density at radius 3 is 2.70 bits per heavy atom. The van der Waals surface area contributed by atoms with Gasteiger partial charge in [-0.15, -0.1) is 0 Å². The molecule has 0 aliphatic carbocycles. The van der Waals surface area contributed by atoms with Crippen LogP contribution in [0.2, 0.25) is 0 Å². The normalized spacial score (nSPS) is 14.9.